The molecule has 6 heteroatoms. The van der Waals surface area contributed by atoms with Crippen LogP contribution < -0.4 is 9.47 Å². The molecule has 0 N–H and O–H groups in total. The fourth-order valence-electron chi connectivity index (χ4n) is 5.33. The van der Waals surface area contributed by atoms with E-state index in [0.29, 0.717) is 0 Å². The minimum Gasteiger partial charge on any atom is -0.497 e. The SMILES string of the molecule is COc1ccc(-n2nc(-c3ccccc3)cc2-c2ccc(-c3cc(-c4ccccc4)nn3-c3ccc(OC)cc3)cc2)cc1. The highest BCUT2D eigenvalue weighted by atomic mass is 16.5. The van der Waals surface area contributed by atoms with Crippen LogP contribution in [0, 0.1) is 0 Å². The van der Waals surface area contributed by atoms with E-state index in [1.165, 1.54) is 0 Å². The number of rotatable bonds is 8. The number of methoxy groups -OCH3 is 2. The van der Waals surface area contributed by atoms with Gasteiger partial charge in [0.1, 0.15) is 11.5 Å². The van der Waals surface area contributed by atoms with Gasteiger partial charge >= 0.3 is 0 Å². The second kappa shape index (κ2) is 11.8. The van der Waals surface area contributed by atoms with Crippen molar-refractivity contribution in [2.75, 3.05) is 14.2 Å². The van der Waals surface area contributed by atoms with Gasteiger partial charge in [0.05, 0.1) is 48.4 Å². The van der Waals surface area contributed by atoms with Crippen LogP contribution >= 0.6 is 0 Å². The summed E-state index contributed by atoms with van der Waals surface area (Å²) in [6, 6.07) is 49.3. The highest BCUT2D eigenvalue weighted by molar-refractivity contribution is 5.75. The smallest absolute Gasteiger partial charge is 0.119 e. The molecule has 0 radical (unpaired) electrons. The number of aromatic nitrogens is 4. The third kappa shape index (κ3) is 5.25. The molecule has 6 nitrogen and oxygen atoms in total. The lowest BCUT2D eigenvalue weighted by molar-refractivity contribution is 0.414. The molecule has 0 saturated carbocycles. The molecule has 0 amide bonds. The third-order valence-electron chi connectivity index (χ3n) is 7.67. The molecule has 0 atom stereocenters. The van der Waals surface area contributed by atoms with Crippen LogP contribution in [0.4, 0.5) is 0 Å². The monoisotopic (exact) mass is 574 g/mol. The Hall–Kier alpha value is -5.88. The molecular weight excluding hydrogens is 544 g/mol. The molecule has 0 saturated heterocycles. The standard InChI is InChI=1S/C38H30N4O2/c1-43-33-21-17-31(18-22-33)41-37(25-35(39-41)27-9-5-3-6-10-27)29-13-15-30(16-14-29)38-26-36(28-11-7-4-8-12-28)40-42(38)32-19-23-34(44-2)24-20-32/h3-26H,1-2H3. The highest BCUT2D eigenvalue weighted by Gasteiger charge is 2.16. The fourth-order valence-corrected chi connectivity index (χ4v) is 5.33. The lowest BCUT2D eigenvalue weighted by Crippen LogP contribution is -2.00. The molecule has 0 spiro atoms. The molecule has 0 unspecified atom stereocenters. The van der Waals surface area contributed by atoms with Gasteiger partial charge in [0, 0.05) is 22.3 Å². The Balaban J connectivity index is 1.31. The number of nitrogens with zero attached hydrogens (tertiary/aromatic N) is 4. The molecular formula is C38H30N4O2. The Labute approximate surface area is 256 Å². The van der Waals surface area contributed by atoms with Gasteiger partial charge in [0.2, 0.25) is 0 Å². The van der Waals surface area contributed by atoms with Crippen molar-refractivity contribution in [3.05, 3.63) is 146 Å². The van der Waals surface area contributed by atoms with Crippen LogP contribution in [0.1, 0.15) is 0 Å². The van der Waals surface area contributed by atoms with Gasteiger partial charge in [-0.1, -0.05) is 84.9 Å². The van der Waals surface area contributed by atoms with Gasteiger partial charge in [-0.05, 0) is 60.7 Å². The molecule has 214 valence electrons. The molecule has 0 aliphatic carbocycles. The summed E-state index contributed by atoms with van der Waals surface area (Å²) in [6.07, 6.45) is 0. The first-order valence-electron chi connectivity index (χ1n) is 14.4. The van der Waals surface area contributed by atoms with Gasteiger partial charge in [-0.3, -0.25) is 0 Å². The minimum atomic E-state index is 0.804. The average Bonchev–Trinajstić information content (AvgIpc) is 3.76. The van der Waals surface area contributed by atoms with Crippen molar-refractivity contribution in [2.24, 2.45) is 0 Å². The van der Waals surface area contributed by atoms with Crippen molar-refractivity contribution in [3.63, 3.8) is 0 Å². The van der Waals surface area contributed by atoms with E-state index in [4.69, 9.17) is 19.7 Å². The van der Waals surface area contributed by atoms with E-state index in [-0.39, 0.29) is 0 Å². The maximum atomic E-state index is 5.39. The Morgan fingerprint density at radius 2 is 0.773 bits per heavy atom. The van der Waals surface area contributed by atoms with Crippen LogP contribution in [-0.2, 0) is 0 Å². The van der Waals surface area contributed by atoms with Crippen molar-refractivity contribution in [1.82, 2.24) is 19.6 Å². The van der Waals surface area contributed by atoms with Gasteiger partial charge in [-0.25, -0.2) is 9.36 Å². The molecule has 0 aliphatic heterocycles. The molecule has 5 aromatic carbocycles. The quantitative estimate of drug-likeness (QED) is 0.182. The van der Waals surface area contributed by atoms with Crippen LogP contribution in [0.5, 0.6) is 11.5 Å². The molecule has 0 aliphatic rings. The van der Waals surface area contributed by atoms with Crippen molar-refractivity contribution in [2.45, 2.75) is 0 Å². The molecule has 0 fully saturated rings. The summed E-state index contributed by atoms with van der Waals surface area (Å²) in [5.74, 6) is 1.61. The van der Waals surface area contributed by atoms with E-state index in [9.17, 15) is 0 Å². The van der Waals surface area contributed by atoms with Crippen LogP contribution in [0.15, 0.2) is 146 Å². The van der Waals surface area contributed by atoms with Gasteiger partial charge in [-0.2, -0.15) is 10.2 Å². The summed E-state index contributed by atoms with van der Waals surface area (Å²) in [5, 5.41) is 10.0. The zero-order valence-corrected chi connectivity index (χ0v) is 24.5. The number of benzene rings is 5. The number of hydrogen-bond acceptors (Lipinski definition) is 4. The zero-order valence-electron chi connectivity index (χ0n) is 24.5. The van der Waals surface area contributed by atoms with Gasteiger partial charge in [-0.15, -0.1) is 0 Å². The second-order valence-corrected chi connectivity index (χ2v) is 10.4. The van der Waals surface area contributed by atoms with Crippen molar-refractivity contribution in [3.8, 4) is 67.9 Å². The molecule has 44 heavy (non-hydrogen) atoms. The first-order valence-corrected chi connectivity index (χ1v) is 14.4. The van der Waals surface area contributed by atoms with E-state index in [1.807, 2.05) is 94.3 Å². The predicted molar refractivity (Wildman–Crippen MR) is 176 cm³/mol. The summed E-state index contributed by atoms with van der Waals surface area (Å²) in [7, 11) is 3.35. The molecule has 2 aromatic heterocycles. The normalized spacial score (nSPS) is 11.0. The topological polar surface area (TPSA) is 54.1 Å². The summed E-state index contributed by atoms with van der Waals surface area (Å²) < 4.78 is 14.8. The summed E-state index contributed by atoms with van der Waals surface area (Å²) in [5.41, 5.74) is 9.95. The third-order valence-corrected chi connectivity index (χ3v) is 7.67. The van der Waals surface area contributed by atoms with Gasteiger partial charge < -0.3 is 9.47 Å². The van der Waals surface area contributed by atoms with Crippen LogP contribution in [0.3, 0.4) is 0 Å². The fraction of sp³-hybridized carbons (Fsp3) is 0.0526. The van der Waals surface area contributed by atoms with Gasteiger partial charge in [0.15, 0.2) is 0 Å². The van der Waals surface area contributed by atoms with E-state index in [0.717, 1.165) is 67.9 Å². The molecule has 0 bridgehead atoms. The first-order chi connectivity index (χ1) is 21.7. The van der Waals surface area contributed by atoms with E-state index >= 15 is 0 Å². The maximum absolute atomic E-state index is 5.39. The minimum absolute atomic E-state index is 0.804. The van der Waals surface area contributed by atoms with Crippen molar-refractivity contribution >= 4 is 0 Å². The second-order valence-electron chi connectivity index (χ2n) is 10.4. The maximum Gasteiger partial charge on any atom is 0.119 e. The molecule has 7 rings (SSSR count). The highest BCUT2D eigenvalue weighted by Crippen LogP contribution is 2.33. The summed E-state index contributed by atoms with van der Waals surface area (Å²) in [6.45, 7) is 0. The predicted octanol–water partition coefficient (Wildman–Crippen LogP) is 8.74. The lowest BCUT2D eigenvalue weighted by atomic mass is 10.0. The van der Waals surface area contributed by atoms with Crippen molar-refractivity contribution < 1.29 is 9.47 Å². The Morgan fingerprint density at radius 1 is 0.409 bits per heavy atom. The Kier molecular flexibility index (Phi) is 7.22. The van der Waals surface area contributed by atoms with E-state index in [1.54, 1.807) is 14.2 Å². The molecule has 2 heterocycles. The Bertz CT molecular complexity index is 1840. The summed E-state index contributed by atoms with van der Waals surface area (Å²) in [4.78, 5) is 0. The number of ether oxygens (including phenoxy) is 2. The van der Waals surface area contributed by atoms with Gasteiger partial charge in [0.25, 0.3) is 0 Å². The zero-order chi connectivity index (χ0) is 29.9. The Morgan fingerprint density at radius 3 is 1.11 bits per heavy atom. The first kappa shape index (κ1) is 27.0. The summed E-state index contributed by atoms with van der Waals surface area (Å²) >= 11 is 0. The van der Waals surface area contributed by atoms with Crippen LogP contribution in [-0.4, -0.2) is 33.8 Å². The lowest BCUT2D eigenvalue weighted by Gasteiger charge is -2.11. The van der Waals surface area contributed by atoms with Crippen LogP contribution in [0.2, 0.25) is 0 Å². The average molecular weight is 575 g/mol. The van der Waals surface area contributed by atoms with E-state index in [2.05, 4.69) is 60.7 Å². The van der Waals surface area contributed by atoms with E-state index < -0.39 is 0 Å². The largest absolute Gasteiger partial charge is 0.497 e. The molecule has 7 aromatic rings. The van der Waals surface area contributed by atoms with Crippen LogP contribution in [0.25, 0.3) is 56.4 Å². The number of hydrogen-bond donors (Lipinski definition) is 0. The van der Waals surface area contributed by atoms with Crippen molar-refractivity contribution in [1.29, 1.82) is 0 Å².